The van der Waals surface area contributed by atoms with Crippen LogP contribution < -0.4 is 5.48 Å². The molecular weight excluding hydrogens is 586 g/mol. The van der Waals surface area contributed by atoms with Gasteiger partial charge in [-0.2, -0.15) is 25.3 Å². The molecule has 0 spiro atoms. The van der Waals surface area contributed by atoms with E-state index in [1.54, 1.807) is 25.1 Å². The van der Waals surface area contributed by atoms with E-state index >= 15 is 0 Å². The van der Waals surface area contributed by atoms with Gasteiger partial charge in [-0.1, -0.05) is 30.3 Å². The van der Waals surface area contributed by atoms with E-state index in [1.807, 2.05) is 5.48 Å². The van der Waals surface area contributed by atoms with Crippen LogP contribution in [0.2, 0.25) is 0 Å². The molecule has 4 aromatic rings. The fraction of sp³-hybridized carbons (Fsp3) is 0.0417. The first kappa shape index (κ1) is 28.9. The lowest BCUT2D eigenvalue weighted by atomic mass is 10.1. The standard InChI is InChI=1S/C24H19N3O10S3/c1-15-7-10-20(22(11-15)39(32,33)34)25-26-21-13-17-8-9-19(38(29,30)31)12-18(17)14-23(21)40(35,36)37-27-24(28)16-5-3-2-4-6-16/h2-14H,1H3,(H,27,28)(H,29,30,31)(H,32,33,34). The van der Waals surface area contributed by atoms with Crippen LogP contribution in [0.25, 0.3) is 10.8 Å². The second kappa shape index (κ2) is 10.8. The van der Waals surface area contributed by atoms with Gasteiger partial charge in [-0.15, -0.1) is 14.5 Å². The summed E-state index contributed by atoms with van der Waals surface area (Å²) in [6.07, 6.45) is 0. The Balaban J connectivity index is 1.83. The van der Waals surface area contributed by atoms with Gasteiger partial charge in [0.25, 0.3) is 26.1 Å². The third-order valence-corrected chi connectivity index (χ3v) is 8.30. The number of fused-ring (bicyclic) bond motifs is 1. The van der Waals surface area contributed by atoms with E-state index in [1.165, 1.54) is 36.4 Å². The van der Waals surface area contributed by atoms with Crippen LogP contribution in [-0.4, -0.2) is 40.3 Å². The van der Waals surface area contributed by atoms with Crippen LogP contribution >= 0.6 is 0 Å². The SMILES string of the molecule is Cc1ccc(N=Nc2cc3ccc(S(=O)(=O)O)cc3cc2S(=O)(=O)ONC(=O)c2ccccc2)c(S(=O)(=O)O)c1. The number of carbonyl (C=O) groups excluding carboxylic acids is 1. The number of aryl methyl sites for hydroxylation is 1. The first-order chi connectivity index (χ1) is 18.6. The van der Waals surface area contributed by atoms with Crippen molar-refractivity contribution in [1.29, 1.82) is 0 Å². The minimum absolute atomic E-state index is 0.0274. The number of rotatable bonds is 8. The zero-order valence-corrected chi connectivity index (χ0v) is 22.7. The molecule has 40 heavy (non-hydrogen) atoms. The lowest BCUT2D eigenvalue weighted by Crippen LogP contribution is -2.27. The Hall–Kier alpha value is -4.06. The van der Waals surface area contributed by atoms with Crippen molar-refractivity contribution in [3.63, 3.8) is 0 Å². The van der Waals surface area contributed by atoms with E-state index in [9.17, 15) is 39.2 Å². The Morgan fingerprint density at radius 2 is 1.40 bits per heavy atom. The number of nitrogens with one attached hydrogen (secondary N) is 1. The fourth-order valence-electron chi connectivity index (χ4n) is 3.49. The topological polar surface area (TPSA) is 206 Å². The predicted molar refractivity (Wildman–Crippen MR) is 141 cm³/mol. The van der Waals surface area contributed by atoms with Gasteiger partial charge in [-0.3, -0.25) is 13.9 Å². The quantitative estimate of drug-likeness (QED) is 0.149. The number of carbonyl (C=O) groups is 1. The zero-order valence-electron chi connectivity index (χ0n) is 20.3. The Bertz CT molecular complexity index is 1990. The number of nitrogens with zero attached hydrogens (tertiary/aromatic N) is 2. The fourth-order valence-corrected chi connectivity index (χ4v) is 5.61. The van der Waals surface area contributed by atoms with Crippen molar-refractivity contribution in [3.8, 4) is 0 Å². The highest BCUT2D eigenvalue weighted by atomic mass is 32.2. The second-order valence-electron chi connectivity index (χ2n) is 8.28. The summed E-state index contributed by atoms with van der Waals surface area (Å²) in [7, 11) is -14.2. The number of benzene rings is 4. The summed E-state index contributed by atoms with van der Waals surface area (Å²) in [5.41, 5.74) is 1.69. The van der Waals surface area contributed by atoms with Gasteiger partial charge in [0.15, 0.2) is 0 Å². The van der Waals surface area contributed by atoms with Crippen LogP contribution in [0.1, 0.15) is 15.9 Å². The van der Waals surface area contributed by atoms with Gasteiger partial charge in [0, 0.05) is 5.56 Å². The van der Waals surface area contributed by atoms with Crippen molar-refractivity contribution in [3.05, 3.63) is 90.0 Å². The molecule has 0 aliphatic heterocycles. The van der Waals surface area contributed by atoms with Crippen LogP contribution in [0.5, 0.6) is 0 Å². The lowest BCUT2D eigenvalue weighted by molar-refractivity contribution is 0.0770. The maximum Gasteiger partial charge on any atom is 0.319 e. The van der Waals surface area contributed by atoms with Gasteiger partial charge < -0.3 is 0 Å². The molecule has 0 aromatic heterocycles. The number of hydroxylamine groups is 1. The number of hydrogen-bond donors (Lipinski definition) is 3. The molecule has 208 valence electrons. The Kier molecular flexibility index (Phi) is 7.84. The highest BCUT2D eigenvalue weighted by Crippen LogP contribution is 2.34. The summed E-state index contributed by atoms with van der Waals surface area (Å²) < 4.78 is 96.8. The summed E-state index contributed by atoms with van der Waals surface area (Å²) in [5, 5.41) is 7.95. The lowest BCUT2D eigenvalue weighted by Gasteiger charge is -2.11. The molecule has 16 heteroatoms. The summed E-state index contributed by atoms with van der Waals surface area (Å²) in [5.74, 6) is -0.890. The molecule has 0 saturated heterocycles. The minimum Gasteiger partial charge on any atom is -0.282 e. The first-order valence-electron chi connectivity index (χ1n) is 11.0. The maximum atomic E-state index is 13.2. The molecule has 13 nitrogen and oxygen atoms in total. The third-order valence-electron chi connectivity index (χ3n) is 5.40. The maximum absolute atomic E-state index is 13.2. The molecule has 0 fully saturated rings. The van der Waals surface area contributed by atoms with Crippen LogP contribution in [0.3, 0.4) is 0 Å². The largest absolute Gasteiger partial charge is 0.319 e. The summed E-state index contributed by atoms with van der Waals surface area (Å²) in [6.45, 7) is 1.57. The molecule has 4 rings (SSSR count). The van der Waals surface area contributed by atoms with Crippen LogP contribution in [0, 0.1) is 6.92 Å². The molecular formula is C24H19N3O10S3. The zero-order chi connectivity index (χ0) is 29.3. The second-order valence-corrected chi connectivity index (χ2v) is 12.6. The van der Waals surface area contributed by atoms with Gasteiger partial charge in [0.2, 0.25) is 0 Å². The molecule has 0 unspecified atom stereocenters. The van der Waals surface area contributed by atoms with E-state index in [0.29, 0.717) is 5.56 Å². The number of hydrogen-bond acceptors (Lipinski definition) is 10. The smallest absolute Gasteiger partial charge is 0.282 e. The number of azo groups is 1. The van der Waals surface area contributed by atoms with Gasteiger partial charge >= 0.3 is 10.1 Å². The normalized spacial score (nSPS) is 12.6. The summed E-state index contributed by atoms with van der Waals surface area (Å²) >= 11 is 0. The van der Waals surface area contributed by atoms with Crippen molar-refractivity contribution in [2.45, 2.75) is 21.6 Å². The van der Waals surface area contributed by atoms with E-state index < -0.39 is 50.9 Å². The van der Waals surface area contributed by atoms with E-state index in [0.717, 1.165) is 24.3 Å². The molecule has 0 aliphatic rings. The molecule has 0 bridgehead atoms. The Morgan fingerprint density at radius 3 is 2.05 bits per heavy atom. The van der Waals surface area contributed by atoms with Gasteiger partial charge in [-0.25, -0.2) is 5.48 Å². The Labute approximate surface area is 228 Å². The van der Waals surface area contributed by atoms with E-state index in [-0.39, 0.29) is 27.7 Å². The van der Waals surface area contributed by atoms with Crippen molar-refractivity contribution >= 4 is 58.4 Å². The van der Waals surface area contributed by atoms with Gasteiger partial charge in [0.1, 0.15) is 21.2 Å². The molecule has 0 aliphatic carbocycles. The molecule has 0 saturated carbocycles. The van der Waals surface area contributed by atoms with Gasteiger partial charge in [-0.05, 0) is 71.8 Å². The highest BCUT2D eigenvalue weighted by Gasteiger charge is 2.24. The molecule has 3 N–H and O–H groups in total. The first-order valence-corrected chi connectivity index (χ1v) is 15.3. The summed E-state index contributed by atoms with van der Waals surface area (Å²) in [6, 6.07) is 16.9. The monoisotopic (exact) mass is 605 g/mol. The molecule has 4 aromatic carbocycles. The van der Waals surface area contributed by atoms with Crippen molar-refractivity contribution in [1.82, 2.24) is 5.48 Å². The van der Waals surface area contributed by atoms with Crippen molar-refractivity contribution < 1.29 is 43.4 Å². The molecule has 0 heterocycles. The summed E-state index contributed by atoms with van der Waals surface area (Å²) in [4.78, 5) is 10.5. The van der Waals surface area contributed by atoms with Gasteiger partial charge in [0.05, 0.1) is 4.90 Å². The number of amides is 1. The van der Waals surface area contributed by atoms with Crippen molar-refractivity contribution in [2.24, 2.45) is 10.2 Å². The van der Waals surface area contributed by atoms with Crippen molar-refractivity contribution in [2.75, 3.05) is 0 Å². The molecule has 0 atom stereocenters. The van der Waals surface area contributed by atoms with Crippen LogP contribution in [-0.2, 0) is 34.6 Å². The average molecular weight is 606 g/mol. The van der Waals surface area contributed by atoms with Crippen LogP contribution in [0.4, 0.5) is 11.4 Å². The molecule has 1 amide bonds. The average Bonchev–Trinajstić information content (AvgIpc) is 2.89. The molecule has 0 radical (unpaired) electrons. The van der Waals surface area contributed by atoms with E-state index in [4.69, 9.17) is 4.28 Å². The third kappa shape index (κ3) is 6.56. The minimum atomic E-state index is -4.85. The van der Waals surface area contributed by atoms with Crippen LogP contribution in [0.15, 0.2) is 104 Å². The highest BCUT2D eigenvalue weighted by molar-refractivity contribution is 7.87. The van der Waals surface area contributed by atoms with E-state index in [2.05, 4.69) is 10.2 Å². The predicted octanol–water partition coefficient (Wildman–Crippen LogP) is 4.11. The Morgan fingerprint density at radius 1 is 0.725 bits per heavy atom.